The molecule has 1 saturated heterocycles. The van der Waals surface area contributed by atoms with E-state index in [1.54, 1.807) is 30.9 Å². The molecule has 0 bridgehead atoms. The number of hydrogen-bond acceptors (Lipinski definition) is 3. The van der Waals surface area contributed by atoms with E-state index in [1.807, 2.05) is 0 Å². The molecule has 1 aromatic carbocycles. The van der Waals surface area contributed by atoms with Gasteiger partial charge in [-0.25, -0.2) is 9.18 Å². The minimum Gasteiger partial charge on any atom is -0.459 e. The molecule has 1 amide bonds. The van der Waals surface area contributed by atoms with E-state index in [-0.39, 0.29) is 17.6 Å². The summed E-state index contributed by atoms with van der Waals surface area (Å²) in [5, 5.41) is 0. The Morgan fingerprint density at radius 1 is 1.48 bits per heavy atom. The highest BCUT2D eigenvalue weighted by Gasteiger charge is 2.22. The summed E-state index contributed by atoms with van der Waals surface area (Å²) in [6, 6.07) is 4.65. The Balaban J connectivity index is 1.87. The number of rotatable bonds is 5. The summed E-state index contributed by atoms with van der Waals surface area (Å²) in [6.07, 6.45) is 1.69. The van der Waals surface area contributed by atoms with E-state index in [1.165, 1.54) is 6.07 Å². The summed E-state index contributed by atoms with van der Waals surface area (Å²) in [4.78, 5) is 25.2. The Kier molecular flexibility index (Phi) is 4.94. The maximum Gasteiger partial charge on any atom is 0.341 e. The monoisotopic (exact) mass is 293 g/mol. The van der Waals surface area contributed by atoms with Crippen molar-refractivity contribution in [1.82, 2.24) is 4.90 Å². The van der Waals surface area contributed by atoms with Gasteiger partial charge in [0, 0.05) is 25.9 Å². The average Bonchev–Trinajstić information content (AvgIpc) is 2.85. The fraction of sp³-hybridized carbons (Fsp3) is 0.500. The van der Waals surface area contributed by atoms with E-state index in [2.05, 4.69) is 0 Å². The van der Waals surface area contributed by atoms with Crippen LogP contribution in [-0.2, 0) is 9.53 Å². The second kappa shape index (κ2) is 6.70. The van der Waals surface area contributed by atoms with Crippen LogP contribution in [0.4, 0.5) is 4.39 Å². The SMILES string of the molecule is Cc1cccc(C(=O)OC(C)CCN2CCCC2=O)c1F. The highest BCUT2D eigenvalue weighted by Crippen LogP contribution is 2.15. The van der Waals surface area contributed by atoms with Crippen LogP contribution < -0.4 is 0 Å². The van der Waals surface area contributed by atoms with E-state index in [4.69, 9.17) is 4.74 Å². The average molecular weight is 293 g/mol. The van der Waals surface area contributed by atoms with Crippen molar-refractivity contribution >= 4 is 11.9 Å². The number of halogens is 1. The largest absolute Gasteiger partial charge is 0.459 e. The highest BCUT2D eigenvalue weighted by atomic mass is 19.1. The molecular weight excluding hydrogens is 273 g/mol. The predicted octanol–water partition coefficient (Wildman–Crippen LogP) is 2.69. The molecule has 1 atom stereocenters. The Morgan fingerprint density at radius 2 is 2.24 bits per heavy atom. The highest BCUT2D eigenvalue weighted by molar-refractivity contribution is 5.90. The fourth-order valence-electron chi connectivity index (χ4n) is 2.39. The Hall–Kier alpha value is -1.91. The third kappa shape index (κ3) is 3.80. The van der Waals surface area contributed by atoms with E-state index in [0.29, 0.717) is 24.9 Å². The topological polar surface area (TPSA) is 46.6 Å². The molecule has 0 spiro atoms. The Morgan fingerprint density at radius 3 is 2.90 bits per heavy atom. The molecule has 1 unspecified atom stereocenters. The van der Waals surface area contributed by atoms with Crippen molar-refractivity contribution in [3.05, 3.63) is 35.1 Å². The molecule has 114 valence electrons. The van der Waals surface area contributed by atoms with Crippen LogP contribution in [-0.4, -0.2) is 36.0 Å². The molecule has 1 heterocycles. The van der Waals surface area contributed by atoms with Crippen molar-refractivity contribution in [2.75, 3.05) is 13.1 Å². The normalized spacial score (nSPS) is 16.1. The third-order valence-corrected chi connectivity index (χ3v) is 3.70. The van der Waals surface area contributed by atoms with E-state index >= 15 is 0 Å². The molecule has 1 aliphatic heterocycles. The van der Waals surface area contributed by atoms with Crippen LogP contribution in [0.2, 0.25) is 0 Å². The molecule has 21 heavy (non-hydrogen) atoms. The molecule has 0 N–H and O–H groups in total. The van der Waals surface area contributed by atoms with Crippen LogP contribution in [0.5, 0.6) is 0 Å². The van der Waals surface area contributed by atoms with Gasteiger partial charge < -0.3 is 9.64 Å². The van der Waals surface area contributed by atoms with Crippen LogP contribution >= 0.6 is 0 Å². The van der Waals surface area contributed by atoms with Gasteiger partial charge >= 0.3 is 5.97 Å². The second-order valence-corrected chi connectivity index (χ2v) is 5.43. The molecule has 0 saturated carbocycles. The van der Waals surface area contributed by atoms with Crippen LogP contribution in [0.1, 0.15) is 42.1 Å². The van der Waals surface area contributed by atoms with Gasteiger partial charge in [0.1, 0.15) is 11.9 Å². The van der Waals surface area contributed by atoms with Crippen molar-refractivity contribution in [3.8, 4) is 0 Å². The first kappa shape index (κ1) is 15.5. The first-order valence-electron chi connectivity index (χ1n) is 7.23. The smallest absolute Gasteiger partial charge is 0.341 e. The number of carbonyl (C=O) groups is 2. The molecule has 0 radical (unpaired) electrons. The Bertz CT molecular complexity index is 544. The lowest BCUT2D eigenvalue weighted by Gasteiger charge is -2.19. The van der Waals surface area contributed by atoms with Crippen molar-refractivity contribution < 1.29 is 18.7 Å². The van der Waals surface area contributed by atoms with Gasteiger partial charge in [-0.1, -0.05) is 12.1 Å². The summed E-state index contributed by atoms with van der Waals surface area (Å²) in [7, 11) is 0. The minimum atomic E-state index is -0.656. The summed E-state index contributed by atoms with van der Waals surface area (Å²) in [5.41, 5.74) is 0.374. The van der Waals surface area contributed by atoms with Crippen LogP contribution in [0.3, 0.4) is 0 Å². The lowest BCUT2D eigenvalue weighted by atomic mass is 10.1. The quantitative estimate of drug-likeness (QED) is 0.784. The first-order valence-corrected chi connectivity index (χ1v) is 7.23. The number of carbonyl (C=O) groups excluding carboxylic acids is 2. The van der Waals surface area contributed by atoms with Crippen LogP contribution in [0.15, 0.2) is 18.2 Å². The molecule has 1 aromatic rings. The first-order chi connectivity index (χ1) is 9.99. The summed E-state index contributed by atoms with van der Waals surface area (Å²) in [5.74, 6) is -1.04. The summed E-state index contributed by atoms with van der Waals surface area (Å²) in [6.45, 7) is 4.70. The van der Waals surface area contributed by atoms with Crippen molar-refractivity contribution in [1.29, 1.82) is 0 Å². The molecular formula is C16H20FNO3. The van der Waals surface area contributed by atoms with Gasteiger partial charge in [-0.05, 0) is 31.9 Å². The van der Waals surface area contributed by atoms with Crippen molar-refractivity contribution in [2.24, 2.45) is 0 Å². The maximum absolute atomic E-state index is 13.8. The third-order valence-electron chi connectivity index (χ3n) is 3.70. The van der Waals surface area contributed by atoms with Gasteiger partial charge in [0.25, 0.3) is 0 Å². The number of ether oxygens (including phenoxy) is 1. The second-order valence-electron chi connectivity index (χ2n) is 5.43. The van der Waals surface area contributed by atoms with Gasteiger partial charge in [-0.15, -0.1) is 0 Å². The van der Waals surface area contributed by atoms with E-state index in [9.17, 15) is 14.0 Å². The number of nitrogens with zero attached hydrogens (tertiary/aromatic N) is 1. The number of hydrogen-bond donors (Lipinski definition) is 0. The lowest BCUT2D eigenvalue weighted by molar-refractivity contribution is -0.127. The number of benzene rings is 1. The number of amides is 1. The van der Waals surface area contributed by atoms with Crippen molar-refractivity contribution in [2.45, 2.75) is 39.2 Å². The zero-order valence-electron chi connectivity index (χ0n) is 12.4. The standard InChI is InChI=1S/C16H20FNO3/c1-11-5-3-6-13(15(11)17)16(20)21-12(2)8-10-18-9-4-7-14(18)19/h3,5-6,12H,4,7-10H2,1-2H3. The van der Waals surface area contributed by atoms with Crippen LogP contribution in [0, 0.1) is 12.7 Å². The zero-order valence-corrected chi connectivity index (χ0v) is 12.4. The van der Waals surface area contributed by atoms with Gasteiger partial charge in [0.2, 0.25) is 5.91 Å². The predicted molar refractivity (Wildman–Crippen MR) is 76.4 cm³/mol. The lowest BCUT2D eigenvalue weighted by Crippen LogP contribution is -2.29. The fourth-order valence-corrected chi connectivity index (χ4v) is 2.39. The molecule has 0 aliphatic carbocycles. The van der Waals surface area contributed by atoms with Gasteiger partial charge in [0.15, 0.2) is 0 Å². The Labute approximate surface area is 123 Å². The molecule has 4 nitrogen and oxygen atoms in total. The number of aryl methyl sites for hydroxylation is 1. The van der Waals surface area contributed by atoms with Gasteiger partial charge in [-0.3, -0.25) is 4.79 Å². The van der Waals surface area contributed by atoms with Crippen LogP contribution in [0.25, 0.3) is 0 Å². The summed E-state index contributed by atoms with van der Waals surface area (Å²) < 4.78 is 19.1. The molecule has 2 rings (SSSR count). The molecule has 0 aromatic heterocycles. The van der Waals surface area contributed by atoms with Gasteiger partial charge in [-0.2, -0.15) is 0 Å². The number of esters is 1. The minimum absolute atomic E-state index is 0.0425. The van der Waals surface area contributed by atoms with Gasteiger partial charge in [0.05, 0.1) is 5.56 Å². The van der Waals surface area contributed by atoms with E-state index < -0.39 is 11.8 Å². The molecule has 5 heteroatoms. The number of likely N-dealkylation sites (tertiary alicyclic amines) is 1. The molecule has 1 aliphatic rings. The van der Waals surface area contributed by atoms with E-state index in [0.717, 1.165) is 13.0 Å². The maximum atomic E-state index is 13.8. The van der Waals surface area contributed by atoms with Crippen molar-refractivity contribution in [3.63, 3.8) is 0 Å². The summed E-state index contributed by atoms with van der Waals surface area (Å²) >= 11 is 0. The molecule has 1 fully saturated rings. The zero-order chi connectivity index (χ0) is 15.4.